The van der Waals surface area contributed by atoms with Gasteiger partial charge in [-0.1, -0.05) is 35.9 Å². The number of carbonyl (C=O) groups is 2. The molecule has 0 radical (unpaired) electrons. The average Bonchev–Trinajstić information content (AvgIpc) is 3.37. The summed E-state index contributed by atoms with van der Waals surface area (Å²) >= 11 is 6.12. The van der Waals surface area contributed by atoms with E-state index in [0.717, 1.165) is 11.0 Å². The first kappa shape index (κ1) is 18.8. The number of amides is 2. The molecular formula is C21H17ClN4O3. The van der Waals surface area contributed by atoms with Crippen LogP contribution in [0.4, 0.5) is 5.69 Å². The van der Waals surface area contributed by atoms with E-state index in [0.29, 0.717) is 16.5 Å². The zero-order valence-corrected chi connectivity index (χ0v) is 16.0. The second-order valence-corrected chi connectivity index (χ2v) is 6.70. The Balaban J connectivity index is 1.55. The van der Waals surface area contributed by atoms with E-state index in [1.165, 1.54) is 6.26 Å². The number of carbonyl (C=O) groups excluding carboxylic acids is 2. The molecule has 0 unspecified atom stereocenters. The van der Waals surface area contributed by atoms with Crippen molar-refractivity contribution in [3.05, 3.63) is 83.5 Å². The summed E-state index contributed by atoms with van der Waals surface area (Å²) in [4.78, 5) is 29.4. The van der Waals surface area contributed by atoms with E-state index in [1.807, 2.05) is 24.3 Å². The highest BCUT2D eigenvalue weighted by Crippen LogP contribution is 2.21. The lowest BCUT2D eigenvalue weighted by atomic mass is 10.3. The van der Waals surface area contributed by atoms with Crippen LogP contribution in [0.3, 0.4) is 0 Å². The van der Waals surface area contributed by atoms with Crippen LogP contribution in [-0.2, 0) is 17.9 Å². The maximum atomic E-state index is 12.6. The van der Waals surface area contributed by atoms with Gasteiger partial charge in [0.15, 0.2) is 5.76 Å². The van der Waals surface area contributed by atoms with Crippen molar-refractivity contribution in [1.82, 2.24) is 14.9 Å². The molecule has 2 aromatic heterocycles. The Morgan fingerprint density at radius 1 is 1.03 bits per heavy atom. The number of furan rings is 1. The predicted octanol–water partition coefficient (Wildman–Crippen LogP) is 3.85. The van der Waals surface area contributed by atoms with Gasteiger partial charge < -0.3 is 19.6 Å². The molecule has 0 aliphatic carbocycles. The van der Waals surface area contributed by atoms with Crippen molar-refractivity contribution in [2.24, 2.45) is 0 Å². The van der Waals surface area contributed by atoms with Gasteiger partial charge in [-0.3, -0.25) is 9.59 Å². The van der Waals surface area contributed by atoms with E-state index in [9.17, 15) is 9.59 Å². The van der Waals surface area contributed by atoms with Gasteiger partial charge in [0.2, 0.25) is 5.91 Å². The maximum absolute atomic E-state index is 12.6. The molecule has 4 aromatic rings. The van der Waals surface area contributed by atoms with Gasteiger partial charge in [0.05, 0.1) is 34.6 Å². The molecule has 0 bridgehead atoms. The van der Waals surface area contributed by atoms with Gasteiger partial charge in [-0.2, -0.15) is 0 Å². The second-order valence-electron chi connectivity index (χ2n) is 6.29. The number of nitrogens with zero attached hydrogens (tertiary/aromatic N) is 2. The van der Waals surface area contributed by atoms with Crippen molar-refractivity contribution in [2.75, 3.05) is 5.32 Å². The third-order valence-corrected chi connectivity index (χ3v) is 4.66. The normalized spacial score (nSPS) is 10.8. The molecule has 0 aliphatic rings. The molecule has 0 aliphatic heterocycles. The first-order chi connectivity index (χ1) is 14.1. The number of benzene rings is 2. The molecule has 0 fully saturated rings. The molecule has 2 N–H and O–H groups in total. The molecule has 7 nitrogen and oxygen atoms in total. The first-order valence-electron chi connectivity index (χ1n) is 8.92. The molecule has 2 aromatic carbocycles. The molecule has 29 heavy (non-hydrogen) atoms. The second kappa shape index (κ2) is 8.20. The lowest BCUT2D eigenvalue weighted by Crippen LogP contribution is -2.26. The fourth-order valence-corrected chi connectivity index (χ4v) is 3.17. The van der Waals surface area contributed by atoms with Gasteiger partial charge in [0.25, 0.3) is 5.91 Å². The maximum Gasteiger partial charge on any atom is 0.287 e. The number of imidazole rings is 1. The number of para-hydroxylation sites is 3. The van der Waals surface area contributed by atoms with E-state index < -0.39 is 0 Å². The van der Waals surface area contributed by atoms with E-state index in [4.69, 9.17) is 16.0 Å². The number of nitrogens with one attached hydrogen (secondary N) is 2. The Labute approximate surface area is 171 Å². The lowest BCUT2D eigenvalue weighted by molar-refractivity contribution is -0.116. The van der Waals surface area contributed by atoms with E-state index in [1.54, 1.807) is 41.0 Å². The molecule has 2 heterocycles. The minimum atomic E-state index is -0.353. The van der Waals surface area contributed by atoms with Gasteiger partial charge >= 0.3 is 0 Å². The number of anilines is 1. The highest BCUT2D eigenvalue weighted by Gasteiger charge is 2.16. The summed E-state index contributed by atoms with van der Waals surface area (Å²) < 4.78 is 6.87. The van der Waals surface area contributed by atoms with Crippen molar-refractivity contribution < 1.29 is 14.0 Å². The minimum Gasteiger partial charge on any atom is -0.459 e. The molecule has 0 saturated carbocycles. The lowest BCUT2D eigenvalue weighted by Gasteiger charge is -2.11. The SMILES string of the molecule is O=C(Cn1c(CNC(=O)c2ccco2)nc2ccccc21)Nc1ccccc1Cl. The summed E-state index contributed by atoms with van der Waals surface area (Å²) in [7, 11) is 0. The molecule has 4 rings (SSSR count). The van der Waals surface area contributed by atoms with Crippen molar-refractivity contribution in [3.8, 4) is 0 Å². The fourth-order valence-electron chi connectivity index (χ4n) is 2.99. The average molecular weight is 409 g/mol. The van der Waals surface area contributed by atoms with Crippen molar-refractivity contribution in [1.29, 1.82) is 0 Å². The summed E-state index contributed by atoms with van der Waals surface area (Å²) in [5, 5.41) is 6.03. The predicted molar refractivity (Wildman–Crippen MR) is 110 cm³/mol. The molecule has 8 heteroatoms. The fraction of sp³-hybridized carbons (Fsp3) is 0.0952. The Morgan fingerprint density at radius 2 is 1.83 bits per heavy atom. The van der Waals surface area contributed by atoms with Crippen LogP contribution >= 0.6 is 11.6 Å². The van der Waals surface area contributed by atoms with E-state index >= 15 is 0 Å². The molecule has 0 spiro atoms. The number of rotatable bonds is 6. The number of aromatic nitrogens is 2. The summed E-state index contributed by atoms with van der Waals surface area (Å²) in [6.45, 7) is 0.172. The van der Waals surface area contributed by atoms with Crippen LogP contribution in [0.2, 0.25) is 5.02 Å². The van der Waals surface area contributed by atoms with Gasteiger partial charge in [-0.05, 0) is 36.4 Å². The van der Waals surface area contributed by atoms with Crippen LogP contribution in [0, 0.1) is 0 Å². The Morgan fingerprint density at radius 3 is 2.62 bits per heavy atom. The van der Waals surface area contributed by atoms with Crippen LogP contribution in [0.15, 0.2) is 71.3 Å². The zero-order valence-electron chi connectivity index (χ0n) is 15.3. The van der Waals surface area contributed by atoms with Crippen LogP contribution < -0.4 is 10.6 Å². The smallest absolute Gasteiger partial charge is 0.287 e. The van der Waals surface area contributed by atoms with E-state index in [2.05, 4.69) is 15.6 Å². The third kappa shape index (κ3) is 4.14. The minimum absolute atomic E-state index is 0.0255. The number of hydrogen-bond acceptors (Lipinski definition) is 4. The number of hydrogen-bond donors (Lipinski definition) is 2. The van der Waals surface area contributed by atoms with Crippen LogP contribution in [0.25, 0.3) is 11.0 Å². The highest BCUT2D eigenvalue weighted by molar-refractivity contribution is 6.33. The quantitative estimate of drug-likeness (QED) is 0.507. The molecule has 2 amide bonds. The van der Waals surface area contributed by atoms with Crippen LogP contribution in [-0.4, -0.2) is 21.4 Å². The monoisotopic (exact) mass is 408 g/mol. The molecule has 0 saturated heterocycles. The molecule has 146 valence electrons. The summed E-state index contributed by atoms with van der Waals surface area (Å²) in [5.41, 5.74) is 2.07. The third-order valence-electron chi connectivity index (χ3n) is 4.34. The van der Waals surface area contributed by atoms with Gasteiger partial charge in [0.1, 0.15) is 12.4 Å². The van der Waals surface area contributed by atoms with Gasteiger partial charge in [-0.25, -0.2) is 4.98 Å². The van der Waals surface area contributed by atoms with Crippen molar-refractivity contribution in [3.63, 3.8) is 0 Å². The Hall–Kier alpha value is -3.58. The number of halogens is 1. The van der Waals surface area contributed by atoms with Crippen molar-refractivity contribution in [2.45, 2.75) is 13.1 Å². The molecular weight excluding hydrogens is 392 g/mol. The topological polar surface area (TPSA) is 89.2 Å². The standard InChI is InChI=1S/C21H17ClN4O3/c22-14-6-1-2-7-15(14)25-20(27)13-26-17-9-4-3-8-16(17)24-19(26)12-23-21(28)18-10-5-11-29-18/h1-11H,12-13H2,(H,23,28)(H,25,27). The first-order valence-corrected chi connectivity index (χ1v) is 9.30. The summed E-state index contributed by atoms with van der Waals surface area (Å²) in [6.07, 6.45) is 1.43. The Kier molecular flexibility index (Phi) is 5.31. The molecule has 0 atom stereocenters. The van der Waals surface area contributed by atoms with Crippen LogP contribution in [0.5, 0.6) is 0 Å². The Bertz CT molecular complexity index is 1170. The largest absolute Gasteiger partial charge is 0.459 e. The van der Waals surface area contributed by atoms with Crippen LogP contribution in [0.1, 0.15) is 16.4 Å². The highest BCUT2D eigenvalue weighted by atomic mass is 35.5. The summed E-state index contributed by atoms with van der Waals surface area (Å²) in [5.74, 6) is 0.165. The van der Waals surface area contributed by atoms with Gasteiger partial charge in [0, 0.05) is 0 Å². The van der Waals surface area contributed by atoms with Gasteiger partial charge in [-0.15, -0.1) is 0 Å². The van der Waals surface area contributed by atoms with E-state index in [-0.39, 0.29) is 30.7 Å². The summed E-state index contributed by atoms with van der Waals surface area (Å²) in [6, 6.07) is 17.7. The zero-order chi connectivity index (χ0) is 20.2. The number of fused-ring (bicyclic) bond motifs is 1. The van der Waals surface area contributed by atoms with Crippen molar-refractivity contribution >= 4 is 40.1 Å².